The summed E-state index contributed by atoms with van der Waals surface area (Å²) in [6.45, 7) is 4.42. The van der Waals surface area contributed by atoms with Crippen LogP contribution in [-0.4, -0.2) is 51.2 Å². The Bertz CT molecular complexity index is 478. The zero-order valence-corrected chi connectivity index (χ0v) is 12.2. The lowest BCUT2D eigenvalue weighted by molar-refractivity contribution is -0.172. The number of rotatable bonds is 6. The molecule has 2 bridgehead atoms. The molecule has 0 spiro atoms. The molecule has 2 aliphatic heterocycles. The summed E-state index contributed by atoms with van der Waals surface area (Å²) >= 11 is -2.36. The van der Waals surface area contributed by atoms with Gasteiger partial charge in [0.1, 0.15) is 17.8 Å². The van der Waals surface area contributed by atoms with Gasteiger partial charge in [0.05, 0.1) is 6.10 Å². The molecule has 8 nitrogen and oxygen atoms in total. The molecule has 0 aromatic rings. The zero-order valence-electron chi connectivity index (χ0n) is 11.4. The fourth-order valence-electron chi connectivity index (χ4n) is 2.61. The number of hydrogen-bond donors (Lipinski definition) is 1. The monoisotopic (exact) mass is 320 g/mol. The van der Waals surface area contributed by atoms with Crippen molar-refractivity contribution in [3.63, 3.8) is 0 Å². The van der Waals surface area contributed by atoms with Crippen molar-refractivity contribution in [2.75, 3.05) is 6.61 Å². The number of hydrogen-bond acceptors (Lipinski definition) is 7. The normalized spacial score (nSPS) is 35.2. The van der Waals surface area contributed by atoms with Crippen LogP contribution in [0.2, 0.25) is 0 Å². The molecule has 0 radical (unpaired) electrons. The maximum absolute atomic E-state index is 11.7. The fraction of sp³-hybridized carbons (Fsp3) is 0.667. The number of fused-ring (bicyclic) bond motifs is 2. The molecule has 21 heavy (non-hydrogen) atoms. The van der Waals surface area contributed by atoms with Crippen molar-refractivity contribution < 1.29 is 36.7 Å². The third-order valence-electron chi connectivity index (χ3n) is 3.54. The minimum Gasteiger partial charge on any atom is -0.454 e. The fourth-order valence-corrected chi connectivity index (χ4v) is 3.03. The number of carbonyl (C=O) groups excluding carboxylic acids is 2. The number of ether oxygens (including phenoxy) is 3. The maximum atomic E-state index is 11.7. The third-order valence-corrected chi connectivity index (χ3v) is 3.95. The van der Waals surface area contributed by atoms with Crippen LogP contribution < -0.4 is 0 Å². The Hall–Kier alpha value is -1.29. The second-order valence-corrected chi connectivity index (χ2v) is 5.68. The predicted octanol–water partition coefficient (Wildman–Crippen LogP) is 0.101. The van der Waals surface area contributed by atoms with Gasteiger partial charge in [0, 0.05) is 18.9 Å². The van der Waals surface area contributed by atoms with Gasteiger partial charge in [-0.1, -0.05) is 6.58 Å². The molecule has 118 valence electrons. The van der Waals surface area contributed by atoms with Gasteiger partial charge in [0.25, 0.3) is 0 Å². The van der Waals surface area contributed by atoms with E-state index in [0.717, 1.165) is 6.08 Å². The number of esters is 2. The SMILES string of the molecule is C=CC(=O)OCC(=O)OC1(C)CC2OC1CC2OS(=O)O. The summed E-state index contributed by atoms with van der Waals surface area (Å²) in [7, 11) is 0. The van der Waals surface area contributed by atoms with Crippen LogP contribution in [0.3, 0.4) is 0 Å². The molecule has 2 aliphatic rings. The van der Waals surface area contributed by atoms with Gasteiger partial charge in [-0.25, -0.2) is 9.59 Å². The molecule has 0 saturated carbocycles. The van der Waals surface area contributed by atoms with Crippen molar-refractivity contribution in [1.29, 1.82) is 0 Å². The van der Waals surface area contributed by atoms with Crippen LogP contribution in [0.5, 0.6) is 0 Å². The molecule has 0 aromatic carbocycles. The highest BCUT2D eigenvalue weighted by Crippen LogP contribution is 2.45. The molecule has 2 saturated heterocycles. The van der Waals surface area contributed by atoms with Crippen molar-refractivity contribution in [2.45, 2.75) is 43.7 Å². The molecule has 0 amide bonds. The third kappa shape index (κ3) is 3.67. The van der Waals surface area contributed by atoms with E-state index in [1.165, 1.54) is 0 Å². The van der Waals surface area contributed by atoms with E-state index in [4.69, 9.17) is 18.2 Å². The van der Waals surface area contributed by atoms with Crippen molar-refractivity contribution in [3.8, 4) is 0 Å². The van der Waals surface area contributed by atoms with Crippen LogP contribution in [0.15, 0.2) is 12.7 Å². The lowest BCUT2D eigenvalue weighted by atomic mass is 9.84. The van der Waals surface area contributed by atoms with E-state index >= 15 is 0 Å². The van der Waals surface area contributed by atoms with Crippen LogP contribution in [-0.2, 0) is 39.3 Å². The first-order chi connectivity index (χ1) is 9.84. The Morgan fingerprint density at radius 1 is 1.57 bits per heavy atom. The molecule has 0 aromatic heterocycles. The standard InChI is InChI=1S/C12H16O8S/c1-3-10(13)17-6-11(14)19-12(2)5-8-7(20-21(15)16)4-9(12)18-8/h3,7-9H,1,4-6H2,2H3,(H,15,16). The van der Waals surface area contributed by atoms with Gasteiger partial charge in [-0.05, 0) is 6.92 Å². The topological polar surface area (TPSA) is 108 Å². The minimum absolute atomic E-state index is 0.348. The average molecular weight is 320 g/mol. The van der Waals surface area contributed by atoms with Crippen LogP contribution in [0.4, 0.5) is 0 Å². The van der Waals surface area contributed by atoms with E-state index in [9.17, 15) is 13.8 Å². The van der Waals surface area contributed by atoms with E-state index in [1.54, 1.807) is 6.92 Å². The van der Waals surface area contributed by atoms with Crippen LogP contribution in [0, 0.1) is 0 Å². The predicted molar refractivity (Wildman–Crippen MR) is 69.2 cm³/mol. The van der Waals surface area contributed by atoms with Crippen molar-refractivity contribution in [3.05, 3.63) is 12.7 Å². The van der Waals surface area contributed by atoms with E-state index < -0.39 is 53.8 Å². The highest BCUT2D eigenvalue weighted by molar-refractivity contribution is 7.74. The largest absolute Gasteiger partial charge is 0.454 e. The first-order valence-corrected chi connectivity index (χ1v) is 7.31. The molecule has 2 heterocycles. The molecule has 5 atom stereocenters. The van der Waals surface area contributed by atoms with Gasteiger partial charge in [-0.2, -0.15) is 4.21 Å². The zero-order chi connectivity index (χ0) is 15.6. The molecule has 1 N–H and O–H groups in total. The van der Waals surface area contributed by atoms with Gasteiger partial charge in [-0.3, -0.25) is 8.74 Å². The summed E-state index contributed by atoms with van der Waals surface area (Å²) < 4.78 is 39.7. The van der Waals surface area contributed by atoms with Crippen molar-refractivity contribution >= 4 is 23.3 Å². The van der Waals surface area contributed by atoms with Crippen LogP contribution in [0.1, 0.15) is 19.8 Å². The molecule has 2 fully saturated rings. The summed E-state index contributed by atoms with van der Waals surface area (Å²) in [4.78, 5) is 22.5. The molecular formula is C12H16O8S. The number of carbonyl (C=O) groups is 2. The Morgan fingerprint density at radius 2 is 2.29 bits per heavy atom. The van der Waals surface area contributed by atoms with Crippen LogP contribution >= 0.6 is 0 Å². The van der Waals surface area contributed by atoms with E-state index in [0.29, 0.717) is 12.8 Å². The minimum atomic E-state index is -2.36. The summed E-state index contributed by atoms with van der Waals surface area (Å²) in [5, 5.41) is 0. The molecule has 5 unspecified atom stereocenters. The van der Waals surface area contributed by atoms with Gasteiger partial charge < -0.3 is 14.2 Å². The van der Waals surface area contributed by atoms with Gasteiger partial charge >= 0.3 is 23.3 Å². The average Bonchev–Trinajstić information content (AvgIpc) is 2.91. The van der Waals surface area contributed by atoms with E-state index in [-0.39, 0.29) is 0 Å². The summed E-state index contributed by atoms with van der Waals surface area (Å²) in [5.74, 6) is -1.40. The van der Waals surface area contributed by atoms with Gasteiger partial charge in [0.2, 0.25) is 0 Å². The van der Waals surface area contributed by atoms with Crippen molar-refractivity contribution in [2.24, 2.45) is 0 Å². The van der Waals surface area contributed by atoms with Crippen LogP contribution in [0.25, 0.3) is 0 Å². The first kappa shape index (κ1) is 16.1. The summed E-state index contributed by atoms with van der Waals surface area (Å²) in [6, 6.07) is 0. The first-order valence-electron chi connectivity index (χ1n) is 6.28. The van der Waals surface area contributed by atoms with Gasteiger partial charge in [0.15, 0.2) is 6.61 Å². The quantitative estimate of drug-likeness (QED) is 0.417. The Kier molecular flexibility index (Phi) is 4.77. The molecular weight excluding hydrogens is 304 g/mol. The lowest BCUT2D eigenvalue weighted by Gasteiger charge is -2.32. The van der Waals surface area contributed by atoms with E-state index in [2.05, 4.69) is 11.3 Å². The smallest absolute Gasteiger partial charge is 0.344 e. The van der Waals surface area contributed by atoms with E-state index in [1.807, 2.05) is 0 Å². The highest BCUT2D eigenvalue weighted by Gasteiger charge is 2.57. The summed E-state index contributed by atoms with van der Waals surface area (Å²) in [5.41, 5.74) is -0.862. The maximum Gasteiger partial charge on any atom is 0.344 e. The second-order valence-electron chi connectivity index (χ2n) is 5.05. The molecule has 0 aliphatic carbocycles. The van der Waals surface area contributed by atoms with Gasteiger partial charge in [-0.15, -0.1) is 0 Å². The Balaban J connectivity index is 1.85. The molecule has 9 heteroatoms. The second kappa shape index (κ2) is 6.22. The Labute approximate surface area is 123 Å². The highest BCUT2D eigenvalue weighted by atomic mass is 32.2. The van der Waals surface area contributed by atoms with Crippen molar-refractivity contribution in [1.82, 2.24) is 0 Å². The Morgan fingerprint density at radius 3 is 2.81 bits per heavy atom. The summed E-state index contributed by atoms with van der Waals surface area (Å²) in [6.07, 6.45) is 0.335. The molecule has 2 rings (SSSR count). The lowest BCUT2D eigenvalue weighted by Crippen LogP contribution is -2.45.